The molecule has 0 saturated carbocycles. The van der Waals surface area contributed by atoms with Crippen molar-refractivity contribution in [2.75, 3.05) is 0 Å². The minimum atomic E-state index is -0.642. The third-order valence-electron chi connectivity index (χ3n) is 2.65. The molecule has 0 aliphatic heterocycles. The van der Waals surface area contributed by atoms with Crippen molar-refractivity contribution in [1.82, 2.24) is 10.3 Å². The Morgan fingerprint density at radius 2 is 2.00 bits per heavy atom. The van der Waals surface area contributed by atoms with Crippen molar-refractivity contribution in [3.8, 4) is 0 Å². The van der Waals surface area contributed by atoms with Gasteiger partial charge in [0.2, 0.25) is 5.91 Å². The Morgan fingerprint density at radius 1 is 1.38 bits per heavy atom. The van der Waals surface area contributed by atoms with E-state index in [9.17, 15) is 9.59 Å². The van der Waals surface area contributed by atoms with E-state index in [0.29, 0.717) is 0 Å². The third kappa shape index (κ3) is 6.25. The van der Waals surface area contributed by atoms with Gasteiger partial charge in [-0.3, -0.25) is 4.79 Å². The van der Waals surface area contributed by atoms with Crippen LogP contribution < -0.4 is 5.32 Å². The minimum absolute atomic E-state index is 0.0408. The van der Waals surface area contributed by atoms with Crippen molar-refractivity contribution in [2.24, 2.45) is 5.92 Å². The highest BCUT2D eigenvalue weighted by molar-refractivity contribution is 7.09. The highest BCUT2D eigenvalue weighted by atomic mass is 32.1. The van der Waals surface area contributed by atoms with Gasteiger partial charge in [0.15, 0.2) is 0 Å². The second kappa shape index (κ2) is 7.02. The van der Waals surface area contributed by atoms with Crippen molar-refractivity contribution in [2.45, 2.75) is 59.6 Å². The van der Waals surface area contributed by atoms with E-state index in [-0.39, 0.29) is 18.2 Å². The van der Waals surface area contributed by atoms with Crippen LogP contribution >= 0.6 is 11.3 Å². The van der Waals surface area contributed by atoms with E-state index in [1.54, 1.807) is 0 Å². The van der Waals surface area contributed by atoms with Crippen LogP contribution in [-0.2, 0) is 20.7 Å². The van der Waals surface area contributed by atoms with Crippen molar-refractivity contribution in [3.63, 3.8) is 0 Å². The van der Waals surface area contributed by atoms with Crippen LogP contribution in [0.3, 0.4) is 0 Å². The van der Waals surface area contributed by atoms with Crippen LogP contribution in [0.1, 0.15) is 45.3 Å². The first-order valence-corrected chi connectivity index (χ1v) is 7.89. The number of nitrogens with one attached hydrogen (secondary N) is 1. The summed E-state index contributed by atoms with van der Waals surface area (Å²) in [5.74, 6) is -0.661. The molecule has 1 rings (SSSR count). The van der Waals surface area contributed by atoms with Gasteiger partial charge in [0.1, 0.15) is 11.6 Å². The molecule has 1 atom stereocenters. The monoisotopic (exact) mass is 312 g/mol. The number of nitrogens with zero attached hydrogens (tertiary/aromatic N) is 1. The van der Waals surface area contributed by atoms with E-state index >= 15 is 0 Å². The van der Waals surface area contributed by atoms with E-state index in [1.165, 1.54) is 11.3 Å². The topological polar surface area (TPSA) is 68.3 Å². The number of esters is 1. The molecule has 0 saturated heterocycles. The molecule has 5 nitrogen and oxygen atoms in total. The largest absolute Gasteiger partial charge is 0.458 e. The average Bonchev–Trinajstić information content (AvgIpc) is 2.68. The molecule has 1 N–H and O–H groups in total. The molecular formula is C15H24N2O3S. The van der Waals surface area contributed by atoms with E-state index in [4.69, 9.17) is 4.74 Å². The van der Waals surface area contributed by atoms with Crippen LogP contribution in [0.2, 0.25) is 0 Å². The van der Waals surface area contributed by atoms with Gasteiger partial charge in [0, 0.05) is 5.38 Å². The predicted octanol–water partition coefficient (Wildman–Crippen LogP) is 2.48. The van der Waals surface area contributed by atoms with Crippen LogP contribution in [0.15, 0.2) is 5.38 Å². The molecule has 0 aromatic carbocycles. The summed E-state index contributed by atoms with van der Waals surface area (Å²) in [7, 11) is 0. The maximum absolute atomic E-state index is 12.1. The van der Waals surface area contributed by atoms with Crippen LogP contribution in [0.25, 0.3) is 0 Å². The molecule has 1 aromatic rings. The molecule has 0 aliphatic carbocycles. The normalized spacial score (nSPS) is 13.1. The Hall–Kier alpha value is -1.43. The van der Waals surface area contributed by atoms with Crippen molar-refractivity contribution in [1.29, 1.82) is 0 Å². The first-order valence-electron chi connectivity index (χ1n) is 7.01. The van der Waals surface area contributed by atoms with E-state index < -0.39 is 17.6 Å². The standard InChI is InChI=1S/C15H24N2O3S/c1-9(2)13(14(19)20-15(4,5)6)17-12(18)7-11-8-21-10(3)16-11/h8-9,13H,7H2,1-6H3,(H,17,18)/t13-/m1/s1. The molecule has 0 unspecified atom stereocenters. The third-order valence-corrected chi connectivity index (χ3v) is 3.47. The fraction of sp³-hybridized carbons (Fsp3) is 0.667. The smallest absolute Gasteiger partial charge is 0.329 e. The number of amides is 1. The molecule has 1 amide bonds. The predicted molar refractivity (Wildman–Crippen MR) is 83.2 cm³/mol. The zero-order valence-corrected chi connectivity index (χ0v) is 14.3. The summed E-state index contributed by atoms with van der Waals surface area (Å²) in [6, 6.07) is -0.642. The number of thiazole rings is 1. The summed E-state index contributed by atoms with van der Waals surface area (Å²) in [4.78, 5) is 28.4. The molecule has 1 aromatic heterocycles. The Balaban J connectivity index is 2.65. The lowest BCUT2D eigenvalue weighted by atomic mass is 10.0. The number of rotatable bonds is 5. The summed E-state index contributed by atoms with van der Waals surface area (Å²) >= 11 is 1.50. The highest BCUT2D eigenvalue weighted by Crippen LogP contribution is 2.13. The molecule has 0 radical (unpaired) electrons. The second-order valence-electron chi connectivity index (χ2n) is 6.36. The Morgan fingerprint density at radius 3 is 2.43 bits per heavy atom. The number of aryl methyl sites for hydroxylation is 1. The number of ether oxygens (including phenoxy) is 1. The lowest BCUT2D eigenvalue weighted by molar-refractivity contribution is -0.160. The van der Waals surface area contributed by atoms with E-state index in [2.05, 4.69) is 10.3 Å². The van der Waals surface area contributed by atoms with Gasteiger partial charge in [-0.1, -0.05) is 13.8 Å². The number of hydrogen-bond donors (Lipinski definition) is 1. The summed E-state index contributed by atoms with van der Waals surface area (Å²) in [6.45, 7) is 11.1. The fourth-order valence-corrected chi connectivity index (χ4v) is 2.35. The fourth-order valence-electron chi connectivity index (χ4n) is 1.74. The van der Waals surface area contributed by atoms with E-state index in [0.717, 1.165) is 10.7 Å². The molecule has 118 valence electrons. The van der Waals surface area contributed by atoms with Gasteiger partial charge in [-0.25, -0.2) is 9.78 Å². The lowest BCUT2D eigenvalue weighted by Gasteiger charge is -2.26. The zero-order chi connectivity index (χ0) is 16.2. The van der Waals surface area contributed by atoms with Crippen molar-refractivity contribution < 1.29 is 14.3 Å². The van der Waals surface area contributed by atoms with Crippen molar-refractivity contribution in [3.05, 3.63) is 16.1 Å². The molecule has 0 aliphatic rings. The molecule has 6 heteroatoms. The maximum atomic E-state index is 12.1. The van der Waals surface area contributed by atoms with Crippen LogP contribution in [0, 0.1) is 12.8 Å². The van der Waals surface area contributed by atoms with Gasteiger partial charge < -0.3 is 10.1 Å². The summed E-state index contributed by atoms with van der Waals surface area (Å²) in [5, 5.41) is 5.52. The quantitative estimate of drug-likeness (QED) is 0.848. The molecule has 0 bridgehead atoms. The Kier molecular flexibility index (Phi) is 5.89. The van der Waals surface area contributed by atoms with Gasteiger partial charge in [0.05, 0.1) is 17.1 Å². The van der Waals surface area contributed by atoms with Crippen molar-refractivity contribution >= 4 is 23.2 Å². The van der Waals surface area contributed by atoms with Crippen LogP contribution in [0.4, 0.5) is 0 Å². The van der Waals surface area contributed by atoms with Gasteiger partial charge >= 0.3 is 5.97 Å². The Labute approximate surface area is 130 Å². The second-order valence-corrected chi connectivity index (χ2v) is 7.42. The number of carbonyl (C=O) groups excluding carboxylic acids is 2. The maximum Gasteiger partial charge on any atom is 0.329 e. The summed E-state index contributed by atoms with van der Waals surface area (Å²) < 4.78 is 5.35. The first-order chi connectivity index (χ1) is 9.58. The molecule has 0 fully saturated rings. The zero-order valence-electron chi connectivity index (χ0n) is 13.5. The van der Waals surface area contributed by atoms with E-state index in [1.807, 2.05) is 46.9 Å². The summed E-state index contributed by atoms with van der Waals surface area (Å²) in [6.07, 6.45) is 0.177. The van der Waals surface area contributed by atoms with Crippen LogP contribution in [0.5, 0.6) is 0 Å². The molecule has 21 heavy (non-hydrogen) atoms. The molecular weight excluding hydrogens is 288 g/mol. The highest BCUT2D eigenvalue weighted by Gasteiger charge is 2.29. The number of carbonyl (C=O) groups is 2. The molecule has 1 heterocycles. The minimum Gasteiger partial charge on any atom is -0.458 e. The summed E-state index contributed by atoms with van der Waals surface area (Å²) in [5.41, 5.74) is 0.155. The SMILES string of the molecule is Cc1nc(CC(=O)N[C@@H](C(=O)OC(C)(C)C)C(C)C)cs1. The van der Waals surface area contributed by atoms with Crippen LogP contribution in [-0.4, -0.2) is 28.5 Å². The Bertz CT molecular complexity index is 503. The van der Waals surface area contributed by atoms with Gasteiger partial charge in [-0.2, -0.15) is 0 Å². The molecule has 0 spiro atoms. The average molecular weight is 312 g/mol. The van der Waals surface area contributed by atoms with Gasteiger partial charge in [0.25, 0.3) is 0 Å². The van der Waals surface area contributed by atoms with Gasteiger partial charge in [-0.05, 0) is 33.6 Å². The number of aromatic nitrogens is 1. The first kappa shape index (κ1) is 17.6. The van der Waals surface area contributed by atoms with Gasteiger partial charge in [-0.15, -0.1) is 11.3 Å². The lowest BCUT2D eigenvalue weighted by Crippen LogP contribution is -2.47. The number of hydrogen-bond acceptors (Lipinski definition) is 5.